The topological polar surface area (TPSA) is 70.3 Å². The van der Waals surface area contributed by atoms with Crippen molar-refractivity contribution in [1.29, 1.82) is 0 Å². The number of hydrogen-bond donors (Lipinski definition) is 1. The zero-order valence-electron chi connectivity index (χ0n) is 16.5. The highest BCUT2D eigenvalue weighted by Gasteiger charge is 2.19. The molecule has 8 heteroatoms. The van der Waals surface area contributed by atoms with Gasteiger partial charge in [-0.2, -0.15) is 4.98 Å². The van der Waals surface area contributed by atoms with Gasteiger partial charge < -0.3 is 14.7 Å². The van der Waals surface area contributed by atoms with Crippen LogP contribution >= 0.6 is 0 Å². The molecule has 3 aromatic rings. The van der Waals surface area contributed by atoms with Crippen molar-refractivity contribution in [2.45, 2.75) is 13.3 Å². The lowest BCUT2D eigenvalue weighted by atomic mass is 10.2. The van der Waals surface area contributed by atoms with Gasteiger partial charge in [-0.25, -0.2) is 9.37 Å². The van der Waals surface area contributed by atoms with Crippen LogP contribution in [0.15, 0.2) is 47.1 Å². The summed E-state index contributed by atoms with van der Waals surface area (Å²) in [6.45, 7) is 7.13. The van der Waals surface area contributed by atoms with Crippen molar-refractivity contribution in [1.82, 2.24) is 20.0 Å². The van der Waals surface area contributed by atoms with E-state index in [1.54, 1.807) is 19.2 Å². The fraction of sp³-hybridized carbons (Fsp3) is 0.381. The summed E-state index contributed by atoms with van der Waals surface area (Å²) in [7, 11) is 0. The quantitative estimate of drug-likeness (QED) is 0.615. The number of pyridine rings is 1. The van der Waals surface area contributed by atoms with Crippen LogP contribution < -0.4 is 10.2 Å². The third kappa shape index (κ3) is 4.71. The van der Waals surface area contributed by atoms with E-state index >= 15 is 0 Å². The summed E-state index contributed by atoms with van der Waals surface area (Å²) in [5.41, 5.74) is 1.51. The number of anilines is 2. The van der Waals surface area contributed by atoms with E-state index in [4.69, 9.17) is 4.52 Å². The average Bonchev–Trinajstić information content (AvgIpc) is 3.18. The second-order valence-electron chi connectivity index (χ2n) is 7.11. The monoisotopic (exact) mass is 396 g/mol. The third-order valence-electron chi connectivity index (χ3n) is 5.07. The summed E-state index contributed by atoms with van der Waals surface area (Å²) >= 11 is 0. The number of aryl methyl sites for hydroxylation is 1. The molecule has 2 aromatic heterocycles. The lowest BCUT2D eigenvalue weighted by Gasteiger charge is -2.36. The largest absolute Gasteiger partial charge is 0.369 e. The maximum atomic E-state index is 14.0. The number of halogens is 1. The van der Waals surface area contributed by atoms with Crippen molar-refractivity contribution in [3.05, 3.63) is 54.2 Å². The van der Waals surface area contributed by atoms with Crippen LogP contribution in [0.4, 0.5) is 15.9 Å². The fourth-order valence-corrected chi connectivity index (χ4v) is 3.56. The van der Waals surface area contributed by atoms with Crippen LogP contribution in [0.3, 0.4) is 0 Å². The average molecular weight is 396 g/mol. The van der Waals surface area contributed by atoms with Gasteiger partial charge in [0.15, 0.2) is 5.82 Å². The number of nitrogens with zero attached hydrogens (tertiary/aromatic N) is 5. The third-order valence-corrected chi connectivity index (χ3v) is 5.07. The predicted molar refractivity (Wildman–Crippen MR) is 110 cm³/mol. The Hall–Kier alpha value is -3.00. The summed E-state index contributed by atoms with van der Waals surface area (Å²) < 4.78 is 19.2. The Morgan fingerprint density at radius 1 is 1.10 bits per heavy atom. The summed E-state index contributed by atoms with van der Waals surface area (Å²) in [5, 5.41) is 7.23. The van der Waals surface area contributed by atoms with Gasteiger partial charge in [0.05, 0.1) is 11.3 Å². The Morgan fingerprint density at radius 2 is 1.93 bits per heavy atom. The highest BCUT2D eigenvalue weighted by molar-refractivity contribution is 5.68. The SMILES string of the molecule is Cc1noc(-c2cccnc2NCCCN2CCN(c3ccccc3F)CC2)n1. The van der Waals surface area contributed by atoms with Crippen LogP contribution in [0.25, 0.3) is 11.5 Å². The molecule has 0 bridgehead atoms. The Bertz CT molecular complexity index is 938. The second-order valence-corrected chi connectivity index (χ2v) is 7.11. The maximum Gasteiger partial charge on any atom is 0.261 e. The smallest absolute Gasteiger partial charge is 0.261 e. The van der Waals surface area contributed by atoms with Gasteiger partial charge in [0.1, 0.15) is 11.6 Å². The highest BCUT2D eigenvalue weighted by Crippen LogP contribution is 2.24. The van der Waals surface area contributed by atoms with E-state index in [0.717, 1.165) is 57.1 Å². The van der Waals surface area contributed by atoms with E-state index in [9.17, 15) is 4.39 Å². The molecule has 1 saturated heterocycles. The Kier molecular flexibility index (Phi) is 6.00. The molecule has 1 aliphatic heterocycles. The molecule has 3 heterocycles. The van der Waals surface area contributed by atoms with Gasteiger partial charge >= 0.3 is 0 Å². The lowest BCUT2D eigenvalue weighted by molar-refractivity contribution is 0.256. The summed E-state index contributed by atoms with van der Waals surface area (Å²) in [4.78, 5) is 13.2. The van der Waals surface area contributed by atoms with Crippen molar-refractivity contribution in [2.24, 2.45) is 0 Å². The second kappa shape index (κ2) is 9.00. The summed E-state index contributed by atoms with van der Waals surface area (Å²) in [6.07, 6.45) is 2.73. The van der Waals surface area contributed by atoms with Gasteiger partial charge in [0, 0.05) is 38.9 Å². The molecule has 1 fully saturated rings. The Balaban J connectivity index is 1.24. The number of rotatable bonds is 7. The summed E-state index contributed by atoms with van der Waals surface area (Å²) in [6, 6.07) is 10.8. The zero-order chi connectivity index (χ0) is 20.1. The molecule has 7 nitrogen and oxygen atoms in total. The molecular weight excluding hydrogens is 371 g/mol. The van der Waals surface area contributed by atoms with E-state index in [2.05, 4.69) is 30.2 Å². The molecule has 0 saturated carbocycles. The van der Waals surface area contributed by atoms with Gasteiger partial charge in [-0.3, -0.25) is 4.90 Å². The molecule has 4 rings (SSSR count). The van der Waals surface area contributed by atoms with E-state index in [1.807, 2.05) is 24.3 Å². The number of nitrogens with one attached hydrogen (secondary N) is 1. The Morgan fingerprint density at radius 3 is 2.69 bits per heavy atom. The molecule has 1 aromatic carbocycles. The van der Waals surface area contributed by atoms with Crippen LogP contribution in [-0.2, 0) is 0 Å². The highest BCUT2D eigenvalue weighted by atomic mass is 19.1. The minimum atomic E-state index is -0.146. The molecule has 1 aliphatic rings. The van der Waals surface area contributed by atoms with Crippen molar-refractivity contribution in [3.8, 4) is 11.5 Å². The van der Waals surface area contributed by atoms with Crippen molar-refractivity contribution in [2.75, 3.05) is 49.5 Å². The molecule has 0 atom stereocenters. The lowest BCUT2D eigenvalue weighted by Crippen LogP contribution is -2.47. The Labute approximate surface area is 169 Å². The molecule has 0 radical (unpaired) electrons. The maximum absolute atomic E-state index is 14.0. The molecule has 0 aliphatic carbocycles. The zero-order valence-corrected chi connectivity index (χ0v) is 16.5. The van der Waals surface area contributed by atoms with Gasteiger partial charge in [-0.1, -0.05) is 17.3 Å². The molecular formula is C21H25FN6O. The van der Waals surface area contributed by atoms with Crippen LogP contribution in [0, 0.1) is 12.7 Å². The first-order valence-electron chi connectivity index (χ1n) is 9.92. The number of benzene rings is 1. The summed E-state index contributed by atoms with van der Waals surface area (Å²) in [5.74, 6) is 1.68. The van der Waals surface area contributed by atoms with E-state index < -0.39 is 0 Å². The van der Waals surface area contributed by atoms with E-state index in [-0.39, 0.29) is 5.82 Å². The van der Waals surface area contributed by atoms with Gasteiger partial charge in [-0.05, 0) is 44.2 Å². The van der Waals surface area contributed by atoms with E-state index in [0.29, 0.717) is 17.4 Å². The first kappa shape index (κ1) is 19.3. The fourth-order valence-electron chi connectivity index (χ4n) is 3.56. The van der Waals surface area contributed by atoms with Crippen molar-refractivity contribution >= 4 is 11.5 Å². The molecule has 29 heavy (non-hydrogen) atoms. The minimum Gasteiger partial charge on any atom is -0.369 e. The number of para-hydroxylation sites is 1. The molecule has 0 amide bonds. The van der Waals surface area contributed by atoms with Crippen LogP contribution in [0.2, 0.25) is 0 Å². The van der Waals surface area contributed by atoms with Crippen molar-refractivity contribution < 1.29 is 8.91 Å². The first-order chi connectivity index (χ1) is 14.2. The molecule has 152 valence electrons. The van der Waals surface area contributed by atoms with Gasteiger partial charge in [-0.15, -0.1) is 0 Å². The standard InChI is InChI=1S/C21H25FN6O/c1-16-25-21(29-26-16)17-6-4-9-23-20(17)24-10-5-11-27-12-14-28(15-13-27)19-8-3-2-7-18(19)22/h2-4,6-9H,5,10-15H2,1H3,(H,23,24). The van der Waals surface area contributed by atoms with Crippen LogP contribution in [0.5, 0.6) is 0 Å². The van der Waals surface area contributed by atoms with Crippen LogP contribution in [0.1, 0.15) is 12.2 Å². The molecule has 0 spiro atoms. The normalized spacial score (nSPS) is 14.9. The number of aromatic nitrogens is 3. The van der Waals surface area contributed by atoms with E-state index in [1.165, 1.54) is 6.07 Å². The minimum absolute atomic E-state index is 0.146. The predicted octanol–water partition coefficient (Wildman–Crippen LogP) is 3.20. The molecule has 0 unspecified atom stereocenters. The van der Waals surface area contributed by atoms with Gasteiger partial charge in [0.2, 0.25) is 0 Å². The van der Waals surface area contributed by atoms with Crippen LogP contribution in [-0.4, -0.2) is 59.3 Å². The van der Waals surface area contributed by atoms with Gasteiger partial charge in [0.25, 0.3) is 5.89 Å². The number of piperazine rings is 1. The first-order valence-corrected chi connectivity index (χ1v) is 9.92. The molecule has 1 N–H and O–H groups in total. The number of hydrogen-bond acceptors (Lipinski definition) is 7. The van der Waals surface area contributed by atoms with Crippen molar-refractivity contribution in [3.63, 3.8) is 0 Å².